The lowest BCUT2D eigenvalue weighted by molar-refractivity contribution is 0.123. The first-order chi connectivity index (χ1) is 12.1. The van der Waals surface area contributed by atoms with Crippen LogP contribution >= 0.6 is 11.6 Å². The number of imidazole rings is 1. The zero-order valence-electron chi connectivity index (χ0n) is 14.5. The van der Waals surface area contributed by atoms with Crippen LogP contribution in [-0.2, 0) is 13.1 Å². The van der Waals surface area contributed by atoms with Crippen molar-refractivity contribution in [1.82, 2.24) is 19.8 Å². The van der Waals surface area contributed by atoms with Crippen molar-refractivity contribution in [2.45, 2.75) is 38.9 Å². The molecule has 4 nitrogen and oxygen atoms in total. The number of aromatic amines is 1. The third-order valence-electron chi connectivity index (χ3n) is 5.60. The maximum absolute atomic E-state index is 13.3. The van der Waals surface area contributed by atoms with E-state index in [-0.39, 0.29) is 5.82 Å². The summed E-state index contributed by atoms with van der Waals surface area (Å²) < 4.78 is 13.3. The molecule has 2 bridgehead atoms. The van der Waals surface area contributed by atoms with Crippen molar-refractivity contribution in [2.24, 2.45) is 5.92 Å². The molecule has 1 N–H and O–H groups in total. The van der Waals surface area contributed by atoms with Crippen LogP contribution in [0, 0.1) is 18.7 Å². The van der Waals surface area contributed by atoms with Gasteiger partial charge in [0.25, 0.3) is 0 Å². The number of hydrogen-bond acceptors (Lipinski definition) is 3. The monoisotopic (exact) mass is 362 g/mol. The van der Waals surface area contributed by atoms with Gasteiger partial charge in [0.1, 0.15) is 5.82 Å². The second kappa shape index (κ2) is 7.06. The van der Waals surface area contributed by atoms with Gasteiger partial charge >= 0.3 is 0 Å². The van der Waals surface area contributed by atoms with Crippen molar-refractivity contribution in [1.29, 1.82) is 0 Å². The molecule has 25 heavy (non-hydrogen) atoms. The van der Waals surface area contributed by atoms with Gasteiger partial charge in [0.15, 0.2) is 0 Å². The van der Waals surface area contributed by atoms with E-state index in [9.17, 15) is 4.39 Å². The Labute approximate surface area is 153 Å². The number of aromatic nitrogens is 2. The third kappa shape index (κ3) is 3.73. The quantitative estimate of drug-likeness (QED) is 0.902. The summed E-state index contributed by atoms with van der Waals surface area (Å²) in [7, 11) is 0. The molecule has 134 valence electrons. The average Bonchev–Trinajstić information content (AvgIpc) is 2.79. The van der Waals surface area contributed by atoms with Gasteiger partial charge in [0.05, 0.1) is 12.0 Å². The highest BCUT2D eigenvalue weighted by Crippen LogP contribution is 2.31. The molecule has 6 heteroatoms. The minimum Gasteiger partial charge on any atom is -0.348 e. The predicted molar refractivity (Wildman–Crippen MR) is 96.9 cm³/mol. The van der Waals surface area contributed by atoms with E-state index in [1.807, 2.05) is 6.07 Å². The van der Waals surface area contributed by atoms with E-state index in [2.05, 4.69) is 26.7 Å². The normalized spacial score (nSPS) is 24.6. The molecule has 0 unspecified atom stereocenters. The molecule has 0 amide bonds. The Morgan fingerprint density at radius 2 is 2.12 bits per heavy atom. The SMILES string of the molecule is Cc1[nH]cnc1CN1C[C@@H]2CC[C@H](C1)N(Cc1ccc(F)cc1Cl)C2. The lowest BCUT2D eigenvalue weighted by Gasteiger charge is -2.36. The largest absolute Gasteiger partial charge is 0.348 e. The molecule has 1 aromatic carbocycles. The first-order valence-corrected chi connectivity index (χ1v) is 9.35. The lowest BCUT2D eigenvalue weighted by atomic mass is 9.94. The first-order valence-electron chi connectivity index (χ1n) is 8.97. The average molecular weight is 363 g/mol. The summed E-state index contributed by atoms with van der Waals surface area (Å²) in [5.41, 5.74) is 3.33. The van der Waals surface area contributed by atoms with Crippen molar-refractivity contribution in [3.63, 3.8) is 0 Å². The maximum atomic E-state index is 13.3. The van der Waals surface area contributed by atoms with Crippen LogP contribution in [0.2, 0.25) is 5.02 Å². The molecule has 4 heterocycles. The standard InChI is InChI=1S/C19H24ClFN4/c1-13-19(23-12-22-13)11-24-7-14-2-5-17(10-24)25(8-14)9-15-3-4-16(21)6-18(15)20/h3-4,6,12,14,17H,2,5,7-11H2,1H3,(H,22,23)/t14-,17+/m0/s1. The topological polar surface area (TPSA) is 35.2 Å². The van der Waals surface area contributed by atoms with Crippen molar-refractivity contribution >= 4 is 11.6 Å². The Bertz CT molecular complexity index is 747. The zero-order valence-corrected chi connectivity index (χ0v) is 15.3. The van der Waals surface area contributed by atoms with E-state index < -0.39 is 0 Å². The Morgan fingerprint density at radius 1 is 1.24 bits per heavy atom. The molecule has 5 rings (SSSR count). The molecule has 2 aromatic rings. The van der Waals surface area contributed by atoms with Crippen LogP contribution in [0.4, 0.5) is 4.39 Å². The molecule has 3 aliphatic heterocycles. The summed E-state index contributed by atoms with van der Waals surface area (Å²) in [6, 6.07) is 5.27. The van der Waals surface area contributed by atoms with Crippen LogP contribution in [0.1, 0.15) is 29.8 Å². The fraction of sp³-hybridized carbons (Fsp3) is 0.526. The Hall–Kier alpha value is -1.43. The number of nitrogens with zero attached hydrogens (tertiary/aromatic N) is 3. The second-order valence-electron chi connectivity index (χ2n) is 7.43. The predicted octanol–water partition coefficient (Wildman–Crippen LogP) is 3.61. The summed E-state index contributed by atoms with van der Waals surface area (Å²) in [5.74, 6) is 0.406. The van der Waals surface area contributed by atoms with Crippen LogP contribution in [-0.4, -0.2) is 45.4 Å². The number of hydrogen-bond donors (Lipinski definition) is 1. The van der Waals surface area contributed by atoms with E-state index in [1.165, 1.54) is 25.0 Å². The molecular weight excluding hydrogens is 339 g/mol. The molecular formula is C19H24ClFN4. The van der Waals surface area contributed by atoms with Crippen molar-refractivity contribution in [2.75, 3.05) is 19.6 Å². The fourth-order valence-electron chi connectivity index (χ4n) is 4.23. The maximum Gasteiger partial charge on any atom is 0.124 e. The van der Waals surface area contributed by atoms with Crippen LogP contribution in [0.15, 0.2) is 24.5 Å². The molecule has 2 atom stereocenters. The number of rotatable bonds is 4. The summed E-state index contributed by atoms with van der Waals surface area (Å²) >= 11 is 6.24. The smallest absolute Gasteiger partial charge is 0.124 e. The van der Waals surface area contributed by atoms with Gasteiger partial charge in [-0.05, 0) is 43.4 Å². The second-order valence-corrected chi connectivity index (χ2v) is 7.84. The Morgan fingerprint density at radius 3 is 2.88 bits per heavy atom. The van der Waals surface area contributed by atoms with E-state index in [0.717, 1.165) is 49.7 Å². The summed E-state index contributed by atoms with van der Waals surface area (Å²) in [6.45, 7) is 7.06. The van der Waals surface area contributed by atoms with Gasteiger partial charge in [-0.25, -0.2) is 9.37 Å². The van der Waals surface area contributed by atoms with Gasteiger partial charge in [-0.3, -0.25) is 9.80 Å². The number of benzene rings is 1. The van der Waals surface area contributed by atoms with E-state index in [4.69, 9.17) is 11.6 Å². The molecule has 1 aromatic heterocycles. The lowest BCUT2D eigenvalue weighted by Crippen LogP contribution is -2.43. The summed E-state index contributed by atoms with van der Waals surface area (Å²) in [5, 5.41) is 0.532. The fourth-order valence-corrected chi connectivity index (χ4v) is 4.45. The van der Waals surface area contributed by atoms with Gasteiger partial charge in [-0.2, -0.15) is 0 Å². The van der Waals surface area contributed by atoms with Crippen LogP contribution in [0.25, 0.3) is 0 Å². The van der Waals surface area contributed by atoms with Crippen LogP contribution in [0.3, 0.4) is 0 Å². The van der Waals surface area contributed by atoms with E-state index in [0.29, 0.717) is 17.0 Å². The zero-order chi connectivity index (χ0) is 17.4. The van der Waals surface area contributed by atoms with Gasteiger partial charge in [-0.15, -0.1) is 0 Å². The highest BCUT2D eigenvalue weighted by Gasteiger charge is 2.35. The Balaban J connectivity index is 1.47. The molecule has 0 aliphatic carbocycles. The minimum absolute atomic E-state index is 0.272. The third-order valence-corrected chi connectivity index (χ3v) is 5.95. The number of piperidine rings is 1. The highest BCUT2D eigenvalue weighted by atomic mass is 35.5. The van der Waals surface area contributed by atoms with Gasteiger partial charge in [0.2, 0.25) is 0 Å². The van der Waals surface area contributed by atoms with Crippen LogP contribution < -0.4 is 0 Å². The summed E-state index contributed by atoms with van der Waals surface area (Å²) in [6.07, 6.45) is 4.29. The number of aryl methyl sites for hydroxylation is 1. The van der Waals surface area contributed by atoms with Gasteiger partial charge in [0, 0.05) is 49.5 Å². The number of halogens is 2. The minimum atomic E-state index is -0.272. The molecule has 3 fully saturated rings. The number of fused-ring (bicyclic) bond motifs is 4. The van der Waals surface area contributed by atoms with Gasteiger partial charge < -0.3 is 4.98 Å². The molecule has 0 saturated carbocycles. The molecule has 0 spiro atoms. The molecule has 3 aliphatic rings. The van der Waals surface area contributed by atoms with Crippen molar-refractivity contribution in [3.8, 4) is 0 Å². The van der Waals surface area contributed by atoms with E-state index >= 15 is 0 Å². The summed E-state index contributed by atoms with van der Waals surface area (Å²) in [4.78, 5) is 12.7. The first kappa shape index (κ1) is 17.0. The highest BCUT2D eigenvalue weighted by molar-refractivity contribution is 6.31. The van der Waals surface area contributed by atoms with Crippen molar-refractivity contribution in [3.05, 3.63) is 52.3 Å². The van der Waals surface area contributed by atoms with Crippen LogP contribution in [0.5, 0.6) is 0 Å². The van der Waals surface area contributed by atoms with Crippen molar-refractivity contribution < 1.29 is 4.39 Å². The van der Waals surface area contributed by atoms with E-state index in [1.54, 1.807) is 6.33 Å². The Kier molecular flexibility index (Phi) is 4.80. The molecule has 0 radical (unpaired) electrons. The van der Waals surface area contributed by atoms with Gasteiger partial charge in [-0.1, -0.05) is 17.7 Å². The number of nitrogens with one attached hydrogen (secondary N) is 1. The molecule has 3 saturated heterocycles. The number of H-pyrrole nitrogens is 1.